The van der Waals surface area contributed by atoms with Crippen molar-refractivity contribution < 1.29 is 17.2 Å². The highest BCUT2D eigenvalue weighted by molar-refractivity contribution is 7.92. The van der Waals surface area contributed by atoms with Crippen molar-refractivity contribution >= 4 is 21.4 Å². The number of anilines is 2. The summed E-state index contributed by atoms with van der Waals surface area (Å²) >= 11 is 0. The Morgan fingerprint density at radius 2 is 1.63 bits per heavy atom. The predicted molar refractivity (Wildman–Crippen MR) is 65.8 cm³/mol. The van der Waals surface area contributed by atoms with Crippen molar-refractivity contribution in [3.05, 3.63) is 48.3 Å². The summed E-state index contributed by atoms with van der Waals surface area (Å²) in [6.45, 7) is 0. The average molecular weight is 285 g/mol. The van der Waals surface area contributed by atoms with Gasteiger partial charge in [0.05, 0.1) is 5.69 Å². The van der Waals surface area contributed by atoms with Crippen LogP contribution in [-0.2, 0) is 10.0 Å². The van der Waals surface area contributed by atoms with Crippen LogP contribution in [0.15, 0.2) is 41.6 Å². The molecule has 0 aliphatic heterocycles. The molecule has 0 aliphatic carbocycles. The molecule has 0 saturated heterocycles. The van der Waals surface area contributed by atoms with Gasteiger partial charge < -0.3 is 5.73 Å². The fraction of sp³-hybridized carbons (Fsp3) is 0. The van der Waals surface area contributed by atoms with Crippen molar-refractivity contribution in [1.29, 1.82) is 0 Å². The minimum atomic E-state index is -4.37. The number of sulfonamides is 1. The van der Waals surface area contributed by atoms with Gasteiger partial charge in [-0.05, 0) is 24.3 Å². The quantitative estimate of drug-likeness (QED) is 0.841. The zero-order chi connectivity index (χ0) is 14.0. The number of hydrogen-bond acceptors (Lipinski definition) is 4. The van der Waals surface area contributed by atoms with E-state index in [0.717, 1.165) is 12.1 Å². The Hall–Kier alpha value is -2.22. The first-order valence-corrected chi connectivity index (χ1v) is 6.56. The molecule has 19 heavy (non-hydrogen) atoms. The third-order valence-electron chi connectivity index (χ3n) is 2.22. The summed E-state index contributed by atoms with van der Waals surface area (Å²) in [5.74, 6) is -2.50. The number of halogens is 2. The van der Waals surface area contributed by atoms with Crippen LogP contribution in [0.25, 0.3) is 0 Å². The molecule has 0 saturated carbocycles. The average Bonchev–Trinajstić information content (AvgIpc) is 2.27. The number of pyridine rings is 1. The Morgan fingerprint density at radius 1 is 1.11 bits per heavy atom. The molecule has 0 radical (unpaired) electrons. The third kappa shape index (κ3) is 2.79. The fourth-order valence-corrected chi connectivity index (χ4v) is 2.64. The largest absolute Gasteiger partial charge is 0.399 e. The second-order valence-corrected chi connectivity index (χ2v) is 5.27. The van der Waals surface area contributed by atoms with Crippen molar-refractivity contribution in [3.63, 3.8) is 0 Å². The van der Waals surface area contributed by atoms with Gasteiger partial charge in [-0.3, -0.25) is 9.71 Å². The van der Waals surface area contributed by atoms with Crippen molar-refractivity contribution in [1.82, 2.24) is 4.98 Å². The molecule has 8 heteroatoms. The topological polar surface area (TPSA) is 85.1 Å². The van der Waals surface area contributed by atoms with Gasteiger partial charge in [0.25, 0.3) is 10.0 Å². The Morgan fingerprint density at radius 3 is 2.16 bits per heavy atom. The fourth-order valence-electron chi connectivity index (χ4n) is 1.46. The van der Waals surface area contributed by atoms with Gasteiger partial charge in [0.15, 0.2) is 4.90 Å². The smallest absolute Gasteiger partial charge is 0.267 e. The Bertz CT molecular complexity index is 682. The second-order valence-electron chi connectivity index (χ2n) is 3.66. The van der Waals surface area contributed by atoms with E-state index in [2.05, 4.69) is 4.98 Å². The van der Waals surface area contributed by atoms with E-state index < -0.39 is 26.6 Å². The van der Waals surface area contributed by atoms with E-state index in [-0.39, 0.29) is 11.4 Å². The number of rotatable bonds is 3. The summed E-state index contributed by atoms with van der Waals surface area (Å²) in [7, 11) is -4.37. The highest BCUT2D eigenvalue weighted by atomic mass is 32.2. The van der Waals surface area contributed by atoms with Crippen LogP contribution in [0.4, 0.5) is 20.2 Å². The molecule has 0 fully saturated rings. The molecule has 0 spiro atoms. The molecule has 100 valence electrons. The second kappa shape index (κ2) is 4.81. The number of nitrogens with one attached hydrogen (secondary N) is 1. The molecule has 0 amide bonds. The maximum atomic E-state index is 13.6. The predicted octanol–water partition coefficient (Wildman–Crippen LogP) is 1.74. The molecule has 0 bridgehead atoms. The Labute approximate surface area is 108 Å². The molecule has 3 N–H and O–H groups in total. The summed E-state index contributed by atoms with van der Waals surface area (Å²) in [6, 6.07) is 4.18. The molecule has 1 aromatic carbocycles. The molecular formula is C11H9F2N3O2S. The van der Waals surface area contributed by atoms with Crippen molar-refractivity contribution in [2.75, 3.05) is 10.5 Å². The first kappa shape index (κ1) is 13.2. The highest BCUT2D eigenvalue weighted by Crippen LogP contribution is 2.23. The Kier molecular flexibility index (Phi) is 3.34. The van der Waals surface area contributed by atoms with Crippen LogP contribution in [0.3, 0.4) is 0 Å². The number of benzene rings is 1. The minimum Gasteiger partial charge on any atom is -0.399 e. The van der Waals surface area contributed by atoms with Crippen LogP contribution in [0.2, 0.25) is 0 Å². The Balaban J connectivity index is 2.46. The van der Waals surface area contributed by atoms with Crippen molar-refractivity contribution in [2.24, 2.45) is 0 Å². The maximum Gasteiger partial charge on any atom is 0.267 e. The van der Waals surface area contributed by atoms with Crippen LogP contribution in [0.5, 0.6) is 0 Å². The van der Waals surface area contributed by atoms with Gasteiger partial charge in [-0.1, -0.05) is 0 Å². The zero-order valence-corrected chi connectivity index (χ0v) is 10.3. The lowest BCUT2D eigenvalue weighted by Crippen LogP contribution is -2.16. The van der Waals surface area contributed by atoms with Crippen LogP contribution in [-0.4, -0.2) is 13.4 Å². The number of aromatic nitrogens is 1. The van der Waals surface area contributed by atoms with Gasteiger partial charge >= 0.3 is 0 Å². The van der Waals surface area contributed by atoms with Gasteiger partial charge in [0.1, 0.15) is 11.6 Å². The first-order chi connectivity index (χ1) is 8.90. The molecule has 5 nitrogen and oxygen atoms in total. The number of nitrogens with two attached hydrogens (primary N) is 1. The van der Waals surface area contributed by atoms with E-state index in [4.69, 9.17) is 5.73 Å². The van der Waals surface area contributed by atoms with Crippen molar-refractivity contribution in [2.45, 2.75) is 4.90 Å². The monoisotopic (exact) mass is 285 g/mol. The lowest BCUT2D eigenvalue weighted by Gasteiger charge is -2.10. The number of hydrogen-bond donors (Lipinski definition) is 2. The molecular weight excluding hydrogens is 276 g/mol. The van der Waals surface area contributed by atoms with E-state index in [1.165, 1.54) is 24.5 Å². The maximum absolute atomic E-state index is 13.6. The summed E-state index contributed by atoms with van der Waals surface area (Å²) in [5, 5.41) is 0. The van der Waals surface area contributed by atoms with E-state index in [0.29, 0.717) is 0 Å². The molecule has 1 aromatic heterocycles. The normalized spacial score (nSPS) is 11.3. The van der Waals surface area contributed by atoms with Crippen LogP contribution >= 0.6 is 0 Å². The minimum absolute atomic E-state index is 0.144. The summed E-state index contributed by atoms with van der Waals surface area (Å²) in [4.78, 5) is 2.62. The van der Waals surface area contributed by atoms with Gasteiger partial charge in [-0.15, -0.1) is 0 Å². The van der Waals surface area contributed by atoms with E-state index in [1.807, 2.05) is 4.72 Å². The van der Waals surface area contributed by atoms with Gasteiger partial charge in [0, 0.05) is 18.1 Å². The number of nitrogens with zero attached hydrogens (tertiary/aromatic N) is 1. The highest BCUT2D eigenvalue weighted by Gasteiger charge is 2.24. The lowest BCUT2D eigenvalue weighted by molar-refractivity contribution is 0.522. The zero-order valence-electron chi connectivity index (χ0n) is 9.47. The molecule has 0 unspecified atom stereocenters. The molecule has 0 atom stereocenters. The van der Waals surface area contributed by atoms with Gasteiger partial charge in [-0.25, -0.2) is 17.2 Å². The van der Waals surface area contributed by atoms with E-state index in [1.54, 1.807) is 0 Å². The van der Waals surface area contributed by atoms with Crippen LogP contribution in [0, 0.1) is 11.6 Å². The van der Waals surface area contributed by atoms with Gasteiger partial charge in [0.2, 0.25) is 0 Å². The standard InChI is InChI=1S/C11H9F2N3O2S/c12-9-5-7(14)6-10(13)11(9)19(17,18)16-8-1-3-15-4-2-8/h1-6H,14H2,(H,15,16). The number of nitrogen functional groups attached to an aromatic ring is 1. The first-order valence-electron chi connectivity index (χ1n) is 5.07. The SMILES string of the molecule is Nc1cc(F)c(S(=O)(=O)Nc2ccncc2)c(F)c1. The summed E-state index contributed by atoms with van der Waals surface area (Å²) in [5.41, 5.74) is 5.17. The van der Waals surface area contributed by atoms with Crippen LogP contribution < -0.4 is 10.5 Å². The van der Waals surface area contributed by atoms with Gasteiger partial charge in [-0.2, -0.15) is 0 Å². The van der Waals surface area contributed by atoms with Crippen LogP contribution in [0.1, 0.15) is 0 Å². The summed E-state index contributed by atoms with van der Waals surface area (Å²) < 4.78 is 53.0. The van der Waals surface area contributed by atoms with E-state index in [9.17, 15) is 17.2 Å². The lowest BCUT2D eigenvalue weighted by atomic mass is 10.3. The summed E-state index contributed by atoms with van der Waals surface area (Å²) in [6.07, 6.45) is 2.68. The van der Waals surface area contributed by atoms with Crippen molar-refractivity contribution in [3.8, 4) is 0 Å². The van der Waals surface area contributed by atoms with E-state index >= 15 is 0 Å². The molecule has 0 aliphatic rings. The molecule has 2 aromatic rings. The molecule has 2 rings (SSSR count). The molecule has 1 heterocycles. The third-order valence-corrected chi connectivity index (χ3v) is 3.65.